The Balaban J connectivity index is 1.99. The van der Waals surface area contributed by atoms with Crippen LogP contribution in [0, 0.1) is 0 Å². The van der Waals surface area contributed by atoms with Gasteiger partial charge in [-0.2, -0.15) is 18.3 Å². The largest absolute Gasteiger partial charge is 0.478 e. The number of hydrogen-bond acceptors (Lipinski definition) is 5. The maximum atomic E-state index is 13.0. The molecule has 9 heteroatoms. The first kappa shape index (κ1) is 18.8. The Morgan fingerprint density at radius 1 is 1.19 bits per heavy atom. The molecule has 3 rings (SSSR count). The van der Waals surface area contributed by atoms with Gasteiger partial charge in [-0.15, -0.1) is 0 Å². The number of benzene rings is 1. The average molecular weight is 378 g/mol. The molecule has 0 saturated heterocycles. The van der Waals surface area contributed by atoms with Gasteiger partial charge in [0.2, 0.25) is 5.88 Å². The van der Waals surface area contributed by atoms with Gasteiger partial charge in [-0.25, -0.2) is 14.6 Å². The summed E-state index contributed by atoms with van der Waals surface area (Å²) in [4.78, 5) is 8.17. The number of aromatic nitrogens is 4. The third-order valence-corrected chi connectivity index (χ3v) is 3.76. The standard InChI is InChI=1S/C18H17F3N4O2/c1-2-27-17-15(13-4-3-5-14(7-13)18(19,20)21)6-12(8-22-17)9-25-11-23-16(10-26)24-25/h3-8,11,26H,2,9-10H2,1H3. The zero-order chi connectivity index (χ0) is 19.4. The number of rotatable bonds is 6. The summed E-state index contributed by atoms with van der Waals surface area (Å²) < 4.78 is 46.1. The molecule has 0 aliphatic carbocycles. The molecule has 0 amide bonds. The number of pyridine rings is 1. The fourth-order valence-electron chi connectivity index (χ4n) is 2.57. The van der Waals surface area contributed by atoms with Crippen LogP contribution in [0.1, 0.15) is 23.9 Å². The van der Waals surface area contributed by atoms with Crippen molar-refractivity contribution in [2.24, 2.45) is 0 Å². The second-order valence-corrected chi connectivity index (χ2v) is 5.72. The van der Waals surface area contributed by atoms with E-state index in [1.807, 2.05) is 0 Å². The highest BCUT2D eigenvalue weighted by Gasteiger charge is 2.30. The maximum Gasteiger partial charge on any atom is 0.416 e. The summed E-state index contributed by atoms with van der Waals surface area (Å²) in [5, 5.41) is 13.1. The zero-order valence-electron chi connectivity index (χ0n) is 14.4. The first-order chi connectivity index (χ1) is 12.9. The maximum absolute atomic E-state index is 13.0. The van der Waals surface area contributed by atoms with Gasteiger partial charge in [0.25, 0.3) is 0 Å². The van der Waals surface area contributed by atoms with Crippen LogP contribution < -0.4 is 4.74 Å². The number of aliphatic hydroxyl groups is 1. The van der Waals surface area contributed by atoms with Gasteiger partial charge in [0.15, 0.2) is 5.82 Å². The van der Waals surface area contributed by atoms with Crippen LogP contribution in [-0.2, 0) is 19.3 Å². The highest BCUT2D eigenvalue weighted by atomic mass is 19.4. The highest BCUT2D eigenvalue weighted by Crippen LogP contribution is 2.35. The number of aliphatic hydroxyl groups excluding tert-OH is 1. The molecule has 2 aromatic heterocycles. The third-order valence-electron chi connectivity index (χ3n) is 3.76. The first-order valence-corrected chi connectivity index (χ1v) is 8.19. The lowest BCUT2D eigenvalue weighted by atomic mass is 10.0. The molecular formula is C18H17F3N4O2. The molecule has 2 heterocycles. The van der Waals surface area contributed by atoms with E-state index < -0.39 is 11.7 Å². The third kappa shape index (κ3) is 4.43. The lowest BCUT2D eigenvalue weighted by Crippen LogP contribution is -2.06. The summed E-state index contributed by atoms with van der Waals surface area (Å²) in [6.45, 7) is 2.14. The van der Waals surface area contributed by atoms with Gasteiger partial charge in [-0.3, -0.25) is 0 Å². The molecule has 0 radical (unpaired) electrons. The van der Waals surface area contributed by atoms with Gasteiger partial charge in [0.1, 0.15) is 12.9 Å². The van der Waals surface area contributed by atoms with E-state index in [2.05, 4.69) is 15.1 Å². The van der Waals surface area contributed by atoms with Crippen molar-refractivity contribution in [2.75, 3.05) is 6.61 Å². The van der Waals surface area contributed by atoms with Crippen LogP contribution in [0.25, 0.3) is 11.1 Å². The number of halogens is 3. The van der Waals surface area contributed by atoms with Crippen LogP contribution in [-0.4, -0.2) is 31.5 Å². The van der Waals surface area contributed by atoms with Crippen molar-refractivity contribution in [3.63, 3.8) is 0 Å². The quantitative estimate of drug-likeness (QED) is 0.713. The second kappa shape index (κ2) is 7.75. The summed E-state index contributed by atoms with van der Waals surface area (Å²) in [5.74, 6) is 0.544. The Labute approximate surface area is 153 Å². The van der Waals surface area contributed by atoms with Gasteiger partial charge in [0.05, 0.1) is 18.7 Å². The minimum absolute atomic E-state index is 0.259. The van der Waals surface area contributed by atoms with E-state index in [4.69, 9.17) is 9.84 Å². The Kier molecular flexibility index (Phi) is 5.41. The number of hydrogen-bond donors (Lipinski definition) is 1. The van der Waals surface area contributed by atoms with Gasteiger partial charge < -0.3 is 9.84 Å². The molecule has 6 nitrogen and oxygen atoms in total. The van der Waals surface area contributed by atoms with Gasteiger partial charge in [-0.05, 0) is 36.2 Å². The number of nitrogens with zero attached hydrogens (tertiary/aromatic N) is 4. The fourth-order valence-corrected chi connectivity index (χ4v) is 2.57. The molecule has 0 fully saturated rings. The van der Waals surface area contributed by atoms with Gasteiger partial charge in [0, 0.05) is 11.8 Å². The van der Waals surface area contributed by atoms with E-state index in [1.165, 1.54) is 17.1 Å². The summed E-state index contributed by atoms with van der Waals surface area (Å²) in [7, 11) is 0. The van der Waals surface area contributed by atoms with Crippen LogP contribution in [0.5, 0.6) is 5.88 Å². The Hall–Kier alpha value is -2.94. The molecule has 0 aliphatic rings. The van der Waals surface area contributed by atoms with E-state index in [9.17, 15) is 13.2 Å². The van der Waals surface area contributed by atoms with E-state index in [0.717, 1.165) is 12.1 Å². The summed E-state index contributed by atoms with van der Waals surface area (Å²) in [6, 6.07) is 6.74. The molecule has 27 heavy (non-hydrogen) atoms. The summed E-state index contributed by atoms with van der Waals surface area (Å²) in [5.41, 5.74) is 0.789. The Bertz CT molecular complexity index is 925. The molecule has 0 bridgehead atoms. The molecule has 3 aromatic rings. The predicted octanol–water partition coefficient (Wildman–Crippen LogP) is 3.30. The zero-order valence-corrected chi connectivity index (χ0v) is 14.4. The molecular weight excluding hydrogens is 361 g/mol. The van der Waals surface area contributed by atoms with Crippen molar-refractivity contribution in [3.05, 3.63) is 59.8 Å². The van der Waals surface area contributed by atoms with Gasteiger partial charge in [-0.1, -0.05) is 12.1 Å². The molecule has 0 spiro atoms. The molecule has 0 unspecified atom stereocenters. The van der Waals surface area contributed by atoms with E-state index in [-0.39, 0.29) is 18.3 Å². The predicted molar refractivity (Wildman–Crippen MR) is 90.9 cm³/mol. The van der Waals surface area contributed by atoms with Crippen LogP contribution in [0.3, 0.4) is 0 Å². The van der Waals surface area contributed by atoms with Crippen LogP contribution in [0.4, 0.5) is 13.2 Å². The van der Waals surface area contributed by atoms with Crippen LogP contribution >= 0.6 is 0 Å². The van der Waals surface area contributed by atoms with E-state index in [1.54, 1.807) is 25.3 Å². The smallest absolute Gasteiger partial charge is 0.416 e. The van der Waals surface area contributed by atoms with Crippen molar-refractivity contribution in [1.29, 1.82) is 0 Å². The second-order valence-electron chi connectivity index (χ2n) is 5.72. The lowest BCUT2D eigenvalue weighted by molar-refractivity contribution is -0.137. The molecule has 142 valence electrons. The van der Waals surface area contributed by atoms with Crippen molar-refractivity contribution in [2.45, 2.75) is 26.3 Å². The van der Waals surface area contributed by atoms with E-state index >= 15 is 0 Å². The average Bonchev–Trinajstić information content (AvgIpc) is 3.10. The summed E-state index contributed by atoms with van der Waals surface area (Å²) in [6.07, 6.45) is -1.40. The fraction of sp³-hybridized carbons (Fsp3) is 0.278. The van der Waals surface area contributed by atoms with Crippen LogP contribution in [0.2, 0.25) is 0 Å². The van der Waals surface area contributed by atoms with Crippen molar-refractivity contribution in [3.8, 4) is 17.0 Å². The van der Waals surface area contributed by atoms with E-state index in [0.29, 0.717) is 29.8 Å². The normalized spacial score (nSPS) is 11.6. The summed E-state index contributed by atoms with van der Waals surface area (Å²) >= 11 is 0. The molecule has 0 saturated carbocycles. The van der Waals surface area contributed by atoms with Crippen molar-refractivity contribution in [1.82, 2.24) is 19.7 Å². The minimum atomic E-state index is -4.44. The monoisotopic (exact) mass is 378 g/mol. The Morgan fingerprint density at radius 2 is 2.00 bits per heavy atom. The van der Waals surface area contributed by atoms with Gasteiger partial charge >= 0.3 is 6.18 Å². The SMILES string of the molecule is CCOc1ncc(Cn2cnc(CO)n2)cc1-c1cccc(C(F)(F)F)c1. The topological polar surface area (TPSA) is 73.1 Å². The van der Waals surface area contributed by atoms with Crippen molar-refractivity contribution < 1.29 is 23.0 Å². The van der Waals surface area contributed by atoms with Crippen molar-refractivity contribution >= 4 is 0 Å². The lowest BCUT2D eigenvalue weighted by Gasteiger charge is -2.13. The molecule has 1 aromatic carbocycles. The highest BCUT2D eigenvalue weighted by molar-refractivity contribution is 5.70. The molecule has 0 aliphatic heterocycles. The first-order valence-electron chi connectivity index (χ1n) is 8.19. The number of ether oxygens (including phenoxy) is 1. The molecule has 0 atom stereocenters. The molecule has 1 N–H and O–H groups in total. The van der Waals surface area contributed by atoms with Crippen LogP contribution in [0.15, 0.2) is 42.9 Å². The minimum Gasteiger partial charge on any atom is -0.478 e. The number of alkyl halides is 3. The Morgan fingerprint density at radius 3 is 2.67 bits per heavy atom.